The molecule has 0 heterocycles. The van der Waals surface area contributed by atoms with Crippen molar-refractivity contribution >= 4 is 0 Å². The van der Waals surface area contributed by atoms with Crippen molar-refractivity contribution in [2.45, 2.75) is 32.1 Å². The van der Waals surface area contributed by atoms with Crippen molar-refractivity contribution < 1.29 is 8.78 Å². The number of hydrogen-bond acceptors (Lipinski definition) is 0. The molecule has 2 unspecified atom stereocenters. The van der Waals surface area contributed by atoms with Crippen LogP contribution in [0.4, 0.5) is 8.78 Å². The van der Waals surface area contributed by atoms with Gasteiger partial charge in [0.25, 0.3) is 0 Å². The highest BCUT2D eigenvalue weighted by atomic mass is 19.3. The maximum absolute atomic E-state index is 12.9. The number of alkyl halides is 2. The Labute approximate surface area is 71.6 Å². The molecule has 2 atom stereocenters. The molecule has 1 aliphatic carbocycles. The van der Waals surface area contributed by atoms with E-state index < -0.39 is 11.8 Å². The van der Waals surface area contributed by atoms with Crippen LogP contribution in [-0.4, -0.2) is 12.5 Å². The third-order valence-corrected chi connectivity index (χ3v) is 2.64. The van der Waals surface area contributed by atoms with Crippen LogP contribution in [0.25, 0.3) is 4.85 Å². The lowest BCUT2D eigenvalue weighted by Gasteiger charge is -2.21. The van der Waals surface area contributed by atoms with E-state index in [2.05, 4.69) is 4.85 Å². The molecule has 0 radical (unpaired) electrons. The summed E-state index contributed by atoms with van der Waals surface area (Å²) in [6, 6.07) is 0. The molecule has 12 heavy (non-hydrogen) atoms. The van der Waals surface area contributed by atoms with Gasteiger partial charge in [0, 0.05) is 11.8 Å². The molecule has 0 aromatic heterocycles. The van der Waals surface area contributed by atoms with Crippen LogP contribution in [0.2, 0.25) is 0 Å². The van der Waals surface area contributed by atoms with E-state index in [1.54, 1.807) is 0 Å². The Kier molecular flexibility index (Phi) is 2.66. The first-order valence-electron chi connectivity index (χ1n) is 4.26. The molecule has 1 rings (SSSR count). The number of rotatable bonds is 2. The molecule has 1 fully saturated rings. The molecule has 0 aliphatic heterocycles. The smallest absolute Gasteiger partial charge is 0.248 e. The fourth-order valence-electron chi connectivity index (χ4n) is 2.04. The van der Waals surface area contributed by atoms with Crippen LogP contribution in [-0.2, 0) is 0 Å². The summed E-state index contributed by atoms with van der Waals surface area (Å²) in [4.78, 5) is 3.20. The van der Waals surface area contributed by atoms with Crippen LogP contribution in [0.5, 0.6) is 0 Å². The van der Waals surface area contributed by atoms with Crippen LogP contribution < -0.4 is 0 Å². The Hall–Kier alpha value is -0.650. The highest BCUT2D eigenvalue weighted by molar-refractivity contribution is 4.88. The van der Waals surface area contributed by atoms with Crippen molar-refractivity contribution in [3.63, 3.8) is 0 Å². The summed E-state index contributed by atoms with van der Waals surface area (Å²) in [5.74, 6) is -3.21. The Morgan fingerprint density at radius 2 is 2.17 bits per heavy atom. The van der Waals surface area contributed by atoms with Gasteiger partial charge in [-0.25, -0.2) is 15.4 Å². The first-order valence-corrected chi connectivity index (χ1v) is 4.26. The molecule has 0 bridgehead atoms. The van der Waals surface area contributed by atoms with E-state index in [9.17, 15) is 8.78 Å². The molecule has 0 saturated heterocycles. The molecule has 0 N–H and O–H groups in total. The summed E-state index contributed by atoms with van der Waals surface area (Å²) in [6.07, 6.45) is 2.24. The molecule has 1 aliphatic rings. The first kappa shape index (κ1) is 9.44. The molecule has 1 saturated carbocycles. The largest absolute Gasteiger partial charge is 0.317 e. The second kappa shape index (κ2) is 3.38. The van der Waals surface area contributed by atoms with E-state index >= 15 is 0 Å². The second-order valence-corrected chi connectivity index (χ2v) is 3.59. The van der Waals surface area contributed by atoms with Gasteiger partial charge < -0.3 is 4.85 Å². The van der Waals surface area contributed by atoms with Gasteiger partial charge in [-0.2, -0.15) is 0 Å². The topological polar surface area (TPSA) is 4.36 Å². The molecular formula is C9H13F2N. The Bertz CT molecular complexity index is 190. The molecule has 0 amide bonds. The predicted molar refractivity (Wildman–Crippen MR) is 42.9 cm³/mol. The van der Waals surface area contributed by atoms with Crippen LogP contribution in [0, 0.1) is 18.4 Å². The standard InChI is InChI=1S/C9H13F2N/c1-9(10,11)8-5-3-4-7(8)6-12-2/h7-8H,3-6H2,1H3. The minimum Gasteiger partial charge on any atom is -0.317 e. The zero-order valence-corrected chi connectivity index (χ0v) is 7.19. The lowest BCUT2D eigenvalue weighted by Crippen LogP contribution is -2.28. The lowest BCUT2D eigenvalue weighted by molar-refractivity contribution is -0.0518. The van der Waals surface area contributed by atoms with E-state index in [1.807, 2.05) is 0 Å². The van der Waals surface area contributed by atoms with Crippen molar-refractivity contribution in [2.75, 3.05) is 6.54 Å². The van der Waals surface area contributed by atoms with E-state index in [1.165, 1.54) is 0 Å². The van der Waals surface area contributed by atoms with Crippen molar-refractivity contribution in [1.29, 1.82) is 0 Å². The van der Waals surface area contributed by atoms with Gasteiger partial charge in [-0.15, -0.1) is 0 Å². The first-order chi connectivity index (χ1) is 5.55. The van der Waals surface area contributed by atoms with Gasteiger partial charge in [0.05, 0.1) is 0 Å². The van der Waals surface area contributed by atoms with Crippen molar-refractivity contribution in [3.8, 4) is 0 Å². The second-order valence-electron chi connectivity index (χ2n) is 3.59. The summed E-state index contributed by atoms with van der Waals surface area (Å²) >= 11 is 0. The average molecular weight is 173 g/mol. The summed E-state index contributed by atoms with van der Waals surface area (Å²) < 4.78 is 25.8. The Morgan fingerprint density at radius 3 is 2.67 bits per heavy atom. The van der Waals surface area contributed by atoms with Crippen LogP contribution in [0.3, 0.4) is 0 Å². The summed E-state index contributed by atoms with van der Waals surface area (Å²) in [5.41, 5.74) is 0. The lowest BCUT2D eigenvalue weighted by atomic mass is 9.91. The minimum atomic E-state index is -2.59. The van der Waals surface area contributed by atoms with Crippen LogP contribution >= 0.6 is 0 Å². The van der Waals surface area contributed by atoms with Gasteiger partial charge in [-0.1, -0.05) is 6.42 Å². The highest BCUT2D eigenvalue weighted by Gasteiger charge is 2.43. The van der Waals surface area contributed by atoms with E-state index in [4.69, 9.17) is 6.57 Å². The van der Waals surface area contributed by atoms with Gasteiger partial charge in [0.1, 0.15) is 0 Å². The summed E-state index contributed by atoms with van der Waals surface area (Å²) in [7, 11) is 0. The highest BCUT2D eigenvalue weighted by Crippen LogP contribution is 2.41. The molecule has 0 aromatic rings. The third-order valence-electron chi connectivity index (χ3n) is 2.64. The Morgan fingerprint density at radius 1 is 1.50 bits per heavy atom. The predicted octanol–water partition coefficient (Wildman–Crippen LogP) is 2.98. The number of halogens is 2. The maximum Gasteiger partial charge on any atom is 0.248 e. The summed E-state index contributed by atoms with van der Waals surface area (Å²) in [6.45, 7) is 7.89. The maximum atomic E-state index is 12.9. The van der Waals surface area contributed by atoms with E-state index in [-0.39, 0.29) is 12.5 Å². The van der Waals surface area contributed by atoms with Crippen molar-refractivity contribution in [3.05, 3.63) is 11.4 Å². The quantitative estimate of drug-likeness (QED) is 0.565. The molecule has 1 nitrogen and oxygen atoms in total. The number of hydrogen-bond donors (Lipinski definition) is 0. The fraction of sp³-hybridized carbons (Fsp3) is 0.889. The van der Waals surface area contributed by atoms with Crippen molar-refractivity contribution in [2.24, 2.45) is 11.8 Å². The van der Waals surface area contributed by atoms with Crippen LogP contribution in [0.15, 0.2) is 0 Å². The molecule has 3 heteroatoms. The molecule has 0 spiro atoms. The zero-order valence-electron chi connectivity index (χ0n) is 7.19. The number of nitrogens with zero attached hydrogens (tertiary/aromatic N) is 1. The van der Waals surface area contributed by atoms with Crippen molar-refractivity contribution in [1.82, 2.24) is 0 Å². The Balaban J connectivity index is 2.59. The molecular weight excluding hydrogens is 160 g/mol. The van der Waals surface area contributed by atoms with Gasteiger partial charge >= 0.3 is 0 Å². The van der Waals surface area contributed by atoms with Gasteiger partial charge in [-0.3, -0.25) is 0 Å². The van der Waals surface area contributed by atoms with Gasteiger partial charge in [-0.05, 0) is 19.8 Å². The van der Waals surface area contributed by atoms with Gasteiger partial charge in [0.15, 0.2) is 0 Å². The van der Waals surface area contributed by atoms with Gasteiger partial charge in [0.2, 0.25) is 12.5 Å². The molecule has 0 aromatic carbocycles. The summed E-state index contributed by atoms with van der Waals surface area (Å²) in [5, 5.41) is 0. The minimum absolute atomic E-state index is 0.0671. The average Bonchev–Trinajstić information content (AvgIpc) is 2.34. The fourth-order valence-corrected chi connectivity index (χ4v) is 2.04. The molecule has 68 valence electrons. The van der Waals surface area contributed by atoms with Crippen LogP contribution in [0.1, 0.15) is 26.2 Å². The van der Waals surface area contributed by atoms with E-state index in [0.717, 1.165) is 19.8 Å². The monoisotopic (exact) mass is 173 g/mol. The normalized spacial score (nSPS) is 30.2. The third kappa shape index (κ3) is 1.94. The zero-order chi connectivity index (χ0) is 9.19. The van der Waals surface area contributed by atoms with E-state index in [0.29, 0.717) is 6.42 Å². The SMILES string of the molecule is [C-]#[N+]CC1CCCC1C(C)(F)F.